The van der Waals surface area contributed by atoms with Crippen LogP contribution in [0.2, 0.25) is 0 Å². The Balaban J connectivity index is 2.32. The quantitative estimate of drug-likeness (QED) is 0.846. The van der Waals surface area contributed by atoms with E-state index in [1.807, 2.05) is 19.1 Å². The van der Waals surface area contributed by atoms with Crippen LogP contribution >= 0.6 is 11.6 Å². The Morgan fingerprint density at radius 1 is 1.24 bits per heavy atom. The lowest BCUT2D eigenvalue weighted by molar-refractivity contribution is 0.694. The van der Waals surface area contributed by atoms with Crippen LogP contribution in [-0.4, -0.2) is 22.6 Å². The van der Waals surface area contributed by atoms with Gasteiger partial charge in [0.1, 0.15) is 0 Å². The zero-order chi connectivity index (χ0) is 12.3. The van der Waals surface area contributed by atoms with E-state index in [0.717, 1.165) is 28.8 Å². The highest BCUT2D eigenvalue weighted by atomic mass is 35.5. The van der Waals surface area contributed by atoms with Crippen molar-refractivity contribution in [1.29, 1.82) is 0 Å². The lowest BCUT2D eigenvalue weighted by atomic mass is 10.1. The maximum Gasteiger partial charge on any atom is 0.156 e. The van der Waals surface area contributed by atoms with Gasteiger partial charge in [-0.2, -0.15) is 5.10 Å². The molecule has 0 saturated carbocycles. The third-order valence-corrected chi connectivity index (χ3v) is 3.28. The van der Waals surface area contributed by atoms with Gasteiger partial charge in [0.2, 0.25) is 0 Å². The summed E-state index contributed by atoms with van der Waals surface area (Å²) < 4.78 is 0. The highest BCUT2D eigenvalue weighted by molar-refractivity contribution is 6.18. The van der Waals surface area contributed by atoms with Crippen molar-refractivity contribution in [2.24, 2.45) is 5.92 Å². The molecular formula is C13H16ClN3. The van der Waals surface area contributed by atoms with Crippen LogP contribution in [0.3, 0.4) is 0 Å². The minimum Gasteiger partial charge on any atom is -0.368 e. The first-order chi connectivity index (χ1) is 8.22. The molecule has 4 heteroatoms. The first-order valence-corrected chi connectivity index (χ1v) is 6.27. The predicted molar refractivity (Wildman–Crippen MR) is 72.6 cm³/mol. The fourth-order valence-electron chi connectivity index (χ4n) is 1.69. The average Bonchev–Trinajstić information content (AvgIpc) is 2.38. The van der Waals surface area contributed by atoms with Gasteiger partial charge in [0.15, 0.2) is 5.82 Å². The van der Waals surface area contributed by atoms with E-state index in [4.69, 9.17) is 11.6 Å². The van der Waals surface area contributed by atoms with Gasteiger partial charge in [0, 0.05) is 23.2 Å². The molecule has 17 heavy (non-hydrogen) atoms. The number of nitrogens with one attached hydrogen (secondary N) is 1. The number of aryl methyl sites for hydroxylation is 1. The van der Waals surface area contributed by atoms with E-state index in [1.54, 1.807) is 0 Å². The van der Waals surface area contributed by atoms with Crippen molar-refractivity contribution >= 4 is 28.2 Å². The molecular weight excluding hydrogens is 234 g/mol. The molecule has 2 rings (SSSR count). The van der Waals surface area contributed by atoms with Gasteiger partial charge < -0.3 is 5.32 Å². The van der Waals surface area contributed by atoms with E-state index in [-0.39, 0.29) is 0 Å². The molecule has 1 unspecified atom stereocenters. The molecule has 0 saturated heterocycles. The van der Waals surface area contributed by atoms with Gasteiger partial charge in [-0.3, -0.25) is 0 Å². The van der Waals surface area contributed by atoms with Crippen LogP contribution in [0.25, 0.3) is 10.8 Å². The lowest BCUT2D eigenvalue weighted by Gasteiger charge is -2.12. The molecule has 0 aliphatic heterocycles. The van der Waals surface area contributed by atoms with Gasteiger partial charge in [-0.25, -0.2) is 0 Å². The van der Waals surface area contributed by atoms with Crippen molar-refractivity contribution in [3.8, 4) is 0 Å². The van der Waals surface area contributed by atoms with E-state index >= 15 is 0 Å². The average molecular weight is 250 g/mol. The van der Waals surface area contributed by atoms with Crippen molar-refractivity contribution in [2.75, 3.05) is 17.7 Å². The van der Waals surface area contributed by atoms with Crippen molar-refractivity contribution in [3.63, 3.8) is 0 Å². The third kappa shape index (κ3) is 2.67. The number of nitrogens with zero attached hydrogens (tertiary/aromatic N) is 2. The summed E-state index contributed by atoms with van der Waals surface area (Å²) in [5, 5.41) is 13.9. The second-order valence-corrected chi connectivity index (χ2v) is 4.63. The van der Waals surface area contributed by atoms with E-state index in [0.29, 0.717) is 11.8 Å². The molecule has 1 aromatic heterocycles. The zero-order valence-electron chi connectivity index (χ0n) is 10.1. The Morgan fingerprint density at radius 3 is 2.65 bits per heavy atom. The molecule has 0 fully saturated rings. The Bertz CT molecular complexity index is 513. The summed E-state index contributed by atoms with van der Waals surface area (Å²) >= 11 is 5.79. The largest absolute Gasteiger partial charge is 0.368 e. The topological polar surface area (TPSA) is 37.8 Å². The zero-order valence-corrected chi connectivity index (χ0v) is 10.8. The number of fused-ring (bicyclic) bond motifs is 1. The summed E-state index contributed by atoms with van der Waals surface area (Å²) in [6, 6.07) is 8.15. The minimum absolute atomic E-state index is 0.415. The summed E-state index contributed by atoms with van der Waals surface area (Å²) in [5.74, 6) is 1.89. The highest BCUT2D eigenvalue weighted by Gasteiger charge is 2.07. The Labute approximate surface area is 106 Å². The Hall–Kier alpha value is -1.35. The molecule has 1 aromatic carbocycles. The first-order valence-electron chi connectivity index (χ1n) is 5.74. The number of alkyl halides is 1. The fourth-order valence-corrected chi connectivity index (χ4v) is 1.80. The number of rotatable bonds is 4. The molecule has 0 aliphatic carbocycles. The monoisotopic (exact) mass is 249 g/mol. The molecule has 3 nitrogen and oxygen atoms in total. The van der Waals surface area contributed by atoms with Crippen molar-refractivity contribution in [1.82, 2.24) is 10.2 Å². The minimum atomic E-state index is 0.415. The molecule has 0 bridgehead atoms. The standard InChI is InChI=1S/C13H16ClN3/c1-9(7-14)8-15-13-12-6-4-3-5-11(12)10(2)16-17-13/h3-6,9H,7-8H2,1-2H3,(H,15,17). The second kappa shape index (κ2) is 5.32. The van der Waals surface area contributed by atoms with Gasteiger partial charge in [-0.05, 0) is 12.8 Å². The SMILES string of the molecule is Cc1nnc(NCC(C)CCl)c2ccccc12. The number of hydrogen-bond acceptors (Lipinski definition) is 3. The third-order valence-electron chi connectivity index (χ3n) is 2.75. The number of benzene rings is 1. The highest BCUT2D eigenvalue weighted by Crippen LogP contribution is 2.22. The van der Waals surface area contributed by atoms with Crippen molar-refractivity contribution < 1.29 is 0 Å². The number of hydrogen-bond donors (Lipinski definition) is 1. The number of aromatic nitrogens is 2. The Kier molecular flexibility index (Phi) is 3.79. The van der Waals surface area contributed by atoms with Crippen LogP contribution in [0.15, 0.2) is 24.3 Å². The van der Waals surface area contributed by atoms with Gasteiger partial charge in [-0.1, -0.05) is 31.2 Å². The van der Waals surface area contributed by atoms with Crippen LogP contribution in [0.5, 0.6) is 0 Å². The molecule has 1 heterocycles. The molecule has 1 N–H and O–H groups in total. The fraction of sp³-hybridized carbons (Fsp3) is 0.385. The molecule has 1 atom stereocenters. The van der Waals surface area contributed by atoms with E-state index < -0.39 is 0 Å². The van der Waals surface area contributed by atoms with Crippen LogP contribution in [0.4, 0.5) is 5.82 Å². The summed E-state index contributed by atoms with van der Waals surface area (Å²) in [6.07, 6.45) is 0. The summed E-state index contributed by atoms with van der Waals surface area (Å²) in [6.45, 7) is 4.88. The van der Waals surface area contributed by atoms with Crippen LogP contribution in [-0.2, 0) is 0 Å². The number of anilines is 1. The molecule has 0 amide bonds. The van der Waals surface area contributed by atoms with E-state index in [1.165, 1.54) is 0 Å². The van der Waals surface area contributed by atoms with Crippen LogP contribution < -0.4 is 5.32 Å². The van der Waals surface area contributed by atoms with E-state index in [2.05, 4.69) is 34.6 Å². The Morgan fingerprint density at radius 2 is 1.94 bits per heavy atom. The van der Waals surface area contributed by atoms with Crippen molar-refractivity contribution in [3.05, 3.63) is 30.0 Å². The summed E-state index contributed by atoms with van der Waals surface area (Å²) in [7, 11) is 0. The maximum absolute atomic E-state index is 5.79. The second-order valence-electron chi connectivity index (χ2n) is 4.32. The molecule has 0 aliphatic rings. The number of halogens is 1. The summed E-state index contributed by atoms with van der Waals surface area (Å²) in [4.78, 5) is 0. The molecule has 90 valence electrons. The predicted octanol–water partition coefficient (Wildman–Crippen LogP) is 3.23. The van der Waals surface area contributed by atoms with E-state index in [9.17, 15) is 0 Å². The van der Waals surface area contributed by atoms with Gasteiger partial charge in [0.05, 0.1) is 5.69 Å². The van der Waals surface area contributed by atoms with Crippen LogP contribution in [0, 0.1) is 12.8 Å². The van der Waals surface area contributed by atoms with Crippen LogP contribution in [0.1, 0.15) is 12.6 Å². The molecule has 0 radical (unpaired) electrons. The summed E-state index contributed by atoms with van der Waals surface area (Å²) in [5.41, 5.74) is 0.955. The van der Waals surface area contributed by atoms with Gasteiger partial charge in [0.25, 0.3) is 0 Å². The normalized spacial score (nSPS) is 12.6. The molecule has 2 aromatic rings. The van der Waals surface area contributed by atoms with Crippen molar-refractivity contribution in [2.45, 2.75) is 13.8 Å². The maximum atomic E-state index is 5.79. The molecule has 0 spiro atoms. The van der Waals surface area contributed by atoms with Gasteiger partial charge in [-0.15, -0.1) is 16.7 Å². The van der Waals surface area contributed by atoms with Gasteiger partial charge >= 0.3 is 0 Å². The smallest absolute Gasteiger partial charge is 0.156 e. The first kappa shape index (κ1) is 12.1. The lowest BCUT2D eigenvalue weighted by Crippen LogP contribution is -2.14.